The quantitative estimate of drug-likeness (QED) is 0.360. The predicted molar refractivity (Wildman–Crippen MR) is 114 cm³/mol. The zero-order valence-corrected chi connectivity index (χ0v) is 16.6. The molecule has 160 valence electrons. The van der Waals surface area contributed by atoms with Gasteiger partial charge in [-0.3, -0.25) is 19.7 Å². The van der Waals surface area contributed by atoms with Crippen LogP contribution in [0.2, 0.25) is 0 Å². The highest BCUT2D eigenvalue weighted by atomic mass is 19.2. The van der Waals surface area contributed by atoms with Gasteiger partial charge in [0.25, 0.3) is 17.5 Å². The minimum absolute atomic E-state index is 0.0461. The summed E-state index contributed by atoms with van der Waals surface area (Å²) in [5.41, 5.74) is 1.18. The number of nitrogens with zero attached hydrogens (tertiary/aromatic N) is 2. The number of non-ortho nitro benzene ring substituents is 1. The van der Waals surface area contributed by atoms with Crippen molar-refractivity contribution in [2.45, 2.75) is 6.92 Å². The average Bonchev–Trinajstić information content (AvgIpc) is 3.01. The summed E-state index contributed by atoms with van der Waals surface area (Å²) < 4.78 is 27.0. The van der Waals surface area contributed by atoms with Gasteiger partial charge in [-0.1, -0.05) is 17.7 Å². The van der Waals surface area contributed by atoms with Crippen molar-refractivity contribution in [3.8, 4) is 0 Å². The van der Waals surface area contributed by atoms with E-state index in [-0.39, 0.29) is 28.2 Å². The van der Waals surface area contributed by atoms with Crippen molar-refractivity contribution in [2.24, 2.45) is 0 Å². The summed E-state index contributed by atoms with van der Waals surface area (Å²) >= 11 is 0. The summed E-state index contributed by atoms with van der Waals surface area (Å²) in [6.07, 6.45) is 0. The topological polar surface area (TPSA) is 92.6 Å². The van der Waals surface area contributed by atoms with E-state index in [0.29, 0.717) is 5.69 Å². The molecule has 2 amide bonds. The maximum Gasteiger partial charge on any atom is 0.282 e. The molecule has 7 nitrogen and oxygen atoms in total. The lowest BCUT2D eigenvalue weighted by atomic mass is 10.0. The SMILES string of the molecule is Cc1ccc(N2C(=O)C(Nc3ccc(F)c(F)c3)=C(c3ccc([N+](=O)[O-])cc3)C2=O)cc1. The number of rotatable bonds is 5. The highest BCUT2D eigenvalue weighted by Crippen LogP contribution is 2.34. The molecule has 0 spiro atoms. The fourth-order valence-corrected chi connectivity index (χ4v) is 3.31. The summed E-state index contributed by atoms with van der Waals surface area (Å²) in [7, 11) is 0. The van der Waals surface area contributed by atoms with E-state index in [1.807, 2.05) is 6.92 Å². The summed E-state index contributed by atoms with van der Waals surface area (Å²) in [5.74, 6) is -3.54. The lowest BCUT2D eigenvalue weighted by Crippen LogP contribution is -2.32. The Kier molecular flexibility index (Phi) is 5.23. The van der Waals surface area contributed by atoms with Crippen LogP contribution < -0.4 is 10.2 Å². The van der Waals surface area contributed by atoms with Crippen molar-refractivity contribution in [3.05, 3.63) is 105 Å². The molecule has 1 heterocycles. The Hall–Kier alpha value is -4.40. The Balaban J connectivity index is 1.82. The van der Waals surface area contributed by atoms with Crippen LogP contribution in [0.4, 0.5) is 25.8 Å². The van der Waals surface area contributed by atoms with E-state index in [1.165, 1.54) is 30.3 Å². The fourth-order valence-electron chi connectivity index (χ4n) is 3.31. The van der Waals surface area contributed by atoms with E-state index in [9.17, 15) is 28.5 Å². The number of benzene rings is 3. The van der Waals surface area contributed by atoms with Crippen LogP contribution >= 0.6 is 0 Å². The maximum absolute atomic E-state index is 13.7. The first-order valence-electron chi connectivity index (χ1n) is 9.43. The molecular formula is C23H15F2N3O4. The molecule has 0 radical (unpaired) electrons. The second kappa shape index (κ2) is 8.03. The van der Waals surface area contributed by atoms with Gasteiger partial charge in [0.2, 0.25) is 0 Å². The lowest BCUT2D eigenvalue weighted by molar-refractivity contribution is -0.384. The minimum atomic E-state index is -1.13. The number of carbonyl (C=O) groups excluding carboxylic acids is 2. The molecule has 0 unspecified atom stereocenters. The Bertz CT molecular complexity index is 1290. The van der Waals surface area contributed by atoms with Crippen LogP contribution in [0.25, 0.3) is 5.57 Å². The molecule has 0 bridgehead atoms. The van der Waals surface area contributed by atoms with Crippen LogP contribution in [0.1, 0.15) is 11.1 Å². The molecular weight excluding hydrogens is 420 g/mol. The van der Waals surface area contributed by atoms with Crippen LogP contribution in [0.3, 0.4) is 0 Å². The molecule has 4 rings (SSSR count). The third-order valence-corrected chi connectivity index (χ3v) is 4.93. The smallest absolute Gasteiger partial charge is 0.282 e. The second-order valence-electron chi connectivity index (χ2n) is 7.09. The number of amides is 2. The van der Waals surface area contributed by atoms with Gasteiger partial charge in [-0.15, -0.1) is 0 Å². The second-order valence-corrected chi connectivity index (χ2v) is 7.09. The van der Waals surface area contributed by atoms with Crippen molar-refractivity contribution >= 4 is 34.4 Å². The standard InChI is InChI=1S/C23H15F2N3O4/c1-13-2-7-16(8-3-13)27-22(29)20(14-4-9-17(10-5-14)28(31)32)21(23(27)30)26-15-6-11-18(24)19(25)12-15/h2-12,26H,1H3. The van der Waals surface area contributed by atoms with Crippen molar-refractivity contribution in [2.75, 3.05) is 10.2 Å². The molecule has 1 aliphatic heterocycles. The largest absolute Gasteiger partial charge is 0.350 e. The van der Waals surface area contributed by atoms with Crippen molar-refractivity contribution in [1.29, 1.82) is 0 Å². The first-order chi connectivity index (χ1) is 15.3. The predicted octanol–water partition coefficient (Wildman–Crippen LogP) is 4.58. The molecule has 0 fully saturated rings. The molecule has 0 saturated carbocycles. The maximum atomic E-state index is 13.7. The van der Waals surface area contributed by atoms with Gasteiger partial charge >= 0.3 is 0 Å². The monoisotopic (exact) mass is 435 g/mol. The van der Waals surface area contributed by atoms with Gasteiger partial charge in [0.1, 0.15) is 5.70 Å². The number of nitrogens with one attached hydrogen (secondary N) is 1. The van der Waals surface area contributed by atoms with E-state index < -0.39 is 28.4 Å². The zero-order chi connectivity index (χ0) is 23.0. The number of hydrogen-bond acceptors (Lipinski definition) is 5. The Morgan fingerprint density at radius 3 is 2.12 bits per heavy atom. The summed E-state index contributed by atoms with van der Waals surface area (Å²) in [6.45, 7) is 1.86. The molecule has 0 aromatic heterocycles. The molecule has 1 N–H and O–H groups in total. The van der Waals surface area contributed by atoms with Crippen molar-refractivity contribution in [1.82, 2.24) is 0 Å². The first kappa shape index (κ1) is 20.9. The third kappa shape index (κ3) is 3.71. The normalized spacial score (nSPS) is 13.7. The van der Waals surface area contributed by atoms with Crippen LogP contribution in [0, 0.1) is 28.7 Å². The van der Waals surface area contributed by atoms with Gasteiger partial charge in [0.05, 0.1) is 16.2 Å². The fraction of sp³-hybridized carbons (Fsp3) is 0.0435. The number of anilines is 2. The first-order valence-corrected chi connectivity index (χ1v) is 9.43. The van der Waals surface area contributed by atoms with Gasteiger partial charge in [0.15, 0.2) is 11.6 Å². The average molecular weight is 435 g/mol. The molecule has 0 atom stereocenters. The number of nitro groups is 1. The zero-order valence-electron chi connectivity index (χ0n) is 16.6. The number of imide groups is 1. The van der Waals surface area contributed by atoms with E-state index in [4.69, 9.17) is 0 Å². The van der Waals surface area contributed by atoms with Gasteiger partial charge in [0, 0.05) is 23.9 Å². The molecule has 3 aromatic rings. The number of aryl methyl sites for hydroxylation is 1. The van der Waals surface area contributed by atoms with E-state index in [1.54, 1.807) is 24.3 Å². The summed E-state index contributed by atoms with van der Waals surface area (Å²) in [6, 6.07) is 14.8. The highest BCUT2D eigenvalue weighted by Gasteiger charge is 2.40. The van der Waals surface area contributed by atoms with Crippen molar-refractivity contribution < 1.29 is 23.3 Å². The molecule has 0 aliphatic carbocycles. The van der Waals surface area contributed by atoms with Gasteiger partial charge in [-0.25, -0.2) is 13.7 Å². The van der Waals surface area contributed by atoms with Gasteiger partial charge < -0.3 is 5.32 Å². The number of hydrogen-bond donors (Lipinski definition) is 1. The van der Waals surface area contributed by atoms with Crippen molar-refractivity contribution in [3.63, 3.8) is 0 Å². The van der Waals surface area contributed by atoms with Crippen LogP contribution in [-0.4, -0.2) is 16.7 Å². The summed E-state index contributed by atoms with van der Waals surface area (Å²) in [4.78, 5) is 37.8. The number of nitro benzene ring substituents is 1. The van der Waals surface area contributed by atoms with Gasteiger partial charge in [-0.2, -0.15) is 0 Å². The van der Waals surface area contributed by atoms with E-state index >= 15 is 0 Å². The van der Waals surface area contributed by atoms with Crippen LogP contribution in [-0.2, 0) is 9.59 Å². The number of halogens is 2. The molecule has 32 heavy (non-hydrogen) atoms. The molecule has 1 aliphatic rings. The third-order valence-electron chi connectivity index (χ3n) is 4.93. The highest BCUT2D eigenvalue weighted by molar-refractivity contribution is 6.46. The van der Waals surface area contributed by atoms with E-state index in [0.717, 1.165) is 22.6 Å². The Morgan fingerprint density at radius 1 is 0.875 bits per heavy atom. The van der Waals surface area contributed by atoms with Crippen LogP contribution in [0.15, 0.2) is 72.4 Å². The van der Waals surface area contributed by atoms with Crippen LogP contribution in [0.5, 0.6) is 0 Å². The van der Waals surface area contributed by atoms with E-state index in [2.05, 4.69) is 5.32 Å². The summed E-state index contributed by atoms with van der Waals surface area (Å²) in [5, 5.41) is 13.7. The lowest BCUT2D eigenvalue weighted by Gasteiger charge is -2.15. The molecule has 3 aromatic carbocycles. The molecule has 9 heteroatoms. The molecule has 0 saturated heterocycles. The Labute approximate surface area is 180 Å². The Morgan fingerprint density at radius 2 is 1.53 bits per heavy atom. The number of carbonyl (C=O) groups is 2. The van der Waals surface area contributed by atoms with Gasteiger partial charge in [-0.05, 0) is 48.9 Å². The minimum Gasteiger partial charge on any atom is -0.350 e.